The van der Waals surface area contributed by atoms with E-state index in [1.54, 1.807) is 54.3 Å². The van der Waals surface area contributed by atoms with Crippen LogP contribution in [-0.2, 0) is 4.74 Å². The number of rotatable bonds is 10. The number of methoxy groups -OCH3 is 2. The normalized spacial score (nSPS) is 15.5. The van der Waals surface area contributed by atoms with E-state index in [1.165, 1.54) is 60.9 Å². The summed E-state index contributed by atoms with van der Waals surface area (Å²) in [5.41, 5.74) is 0.917. The van der Waals surface area contributed by atoms with Gasteiger partial charge in [0.15, 0.2) is 5.82 Å². The third-order valence-electron chi connectivity index (χ3n) is 9.13. The smallest absolute Gasteiger partial charge is 0.409 e. The van der Waals surface area contributed by atoms with Crippen molar-refractivity contribution in [2.75, 3.05) is 81.9 Å². The number of hydrogen-bond acceptors (Lipinski definition) is 9. The van der Waals surface area contributed by atoms with E-state index in [9.17, 15) is 18.8 Å². The minimum absolute atomic E-state index is 0.294. The summed E-state index contributed by atoms with van der Waals surface area (Å²) in [6, 6.07) is 16.1. The maximum atomic E-state index is 14.3. The minimum atomic E-state index is -0.844. The topological polar surface area (TPSA) is 122 Å². The van der Waals surface area contributed by atoms with E-state index < -0.39 is 17.9 Å². The number of aromatic nitrogens is 2. The van der Waals surface area contributed by atoms with E-state index in [4.69, 9.17) is 19.2 Å². The molecule has 6 rings (SSSR count). The summed E-state index contributed by atoms with van der Waals surface area (Å²) >= 11 is 0. The van der Waals surface area contributed by atoms with Crippen molar-refractivity contribution >= 4 is 34.4 Å². The number of benzene rings is 3. The molecule has 1 atom stereocenters. The Hall–Kier alpha value is -5.37. The molecule has 13 nitrogen and oxygen atoms in total. The lowest BCUT2D eigenvalue weighted by Crippen LogP contribution is -2.57. The molecule has 0 radical (unpaired) electrons. The molecule has 14 heteroatoms. The average Bonchev–Trinajstić information content (AvgIpc) is 3.66. The molecular formula is C36H42FN7O6. The first-order chi connectivity index (χ1) is 24.3. The van der Waals surface area contributed by atoms with Crippen LogP contribution in [0.5, 0.6) is 11.5 Å². The van der Waals surface area contributed by atoms with Crippen LogP contribution in [0.25, 0.3) is 10.9 Å². The van der Waals surface area contributed by atoms with Gasteiger partial charge in [0.1, 0.15) is 23.9 Å². The SMILES string of the molecule is COc1ccc(N(C(=O)Nc2ccc(F)cc2)C(C)c2nc3ccccc3c(=O)n2N2CCN(C(=O)OCCN3CCCC3)CC2)c(OC)c1. The van der Waals surface area contributed by atoms with Gasteiger partial charge in [0, 0.05) is 31.4 Å². The largest absolute Gasteiger partial charge is 0.497 e. The second kappa shape index (κ2) is 15.5. The van der Waals surface area contributed by atoms with Crippen molar-refractivity contribution in [1.82, 2.24) is 19.5 Å². The van der Waals surface area contributed by atoms with E-state index in [-0.39, 0.29) is 11.7 Å². The van der Waals surface area contributed by atoms with Crippen molar-refractivity contribution in [3.63, 3.8) is 0 Å². The number of hydrogen-bond donors (Lipinski definition) is 1. The highest BCUT2D eigenvalue weighted by Gasteiger charge is 2.33. The summed E-state index contributed by atoms with van der Waals surface area (Å²) in [5.74, 6) is 0.717. The molecule has 1 N–H and O–H groups in total. The molecule has 0 saturated carbocycles. The van der Waals surface area contributed by atoms with Crippen LogP contribution in [0, 0.1) is 5.82 Å². The number of nitrogens with zero attached hydrogens (tertiary/aromatic N) is 6. The van der Waals surface area contributed by atoms with Gasteiger partial charge in [-0.15, -0.1) is 0 Å². The highest BCUT2D eigenvalue weighted by atomic mass is 19.1. The van der Waals surface area contributed by atoms with Gasteiger partial charge >= 0.3 is 12.1 Å². The first-order valence-electron chi connectivity index (χ1n) is 16.8. The van der Waals surface area contributed by atoms with E-state index in [0.717, 1.165) is 19.6 Å². The predicted molar refractivity (Wildman–Crippen MR) is 188 cm³/mol. The molecule has 3 heterocycles. The second-order valence-electron chi connectivity index (χ2n) is 12.2. The fourth-order valence-electron chi connectivity index (χ4n) is 6.43. The van der Waals surface area contributed by atoms with Crippen LogP contribution in [0.1, 0.15) is 31.6 Å². The fourth-order valence-corrected chi connectivity index (χ4v) is 6.43. The number of likely N-dealkylation sites (tertiary alicyclic amines) is 1. The quantitative estimate of drug-likeness (QED) is 0.250. The number of piperazine rings is 1. The molecule has 1 aromatic heterocycles. The van der Waals surface area contributed by atoms with Crippen LogP contribution in [0.15, 0.2) is 71.5 Å². The van der Waals surface area contributed by atoms with Crippen molar-refractivity contribution in [3.05, 3.63) is 88.7 Å². The molecule has 2 aliphatic heterocycles. The number of para-hydroxylation sites is 1. The van der Waals surface area contributed by atoms with Crippen LogP contribution >= 0.6 is 0 Å². The zero-order valence-electron chi connectivity index (χ0n) is 28.5. The molecule has 50 heavy (non-hydrogen) atoms. The number of anilines is 2. The second-order valence-corrected chi connectivity index (χ2v) is 12.2. The number of carbonyl (C=O) groups is 2. The minimum Gasteiger partial charge on any atom is -0.497 e. The number of ether oxygens (including phenoxy) is 3. The zero-order valence-corrected chi connectivity index (χ0v) is 28.5. The van der Waals surface area contributed by atoms with Crippen molar-refractivity contribution < 1.29 is 28.2 Å². The van der Waals surface area contributed by atoms with Gasteiger partial charge in [0.25, 0.3) is 5.56 Å². The molecule has 0 bridgehead atoms. The molecule has 2 aliphatic rings. The lowest BCUT2D eigenvalue weighted by atomic mass is 10.1. The third-order valence-corrected chi connectivity index (χ3v) is 9.13. The molecule has 3 amide bonds. The Balaban J connectivity index is 1.33. The van der Waals surface area contributed by atoms with Crippen molar-refractivity contribution in [3.8, 4) is 11.5 Å². The van der Waals surface area contributed by atoms with Crippen LogP contribution in [0.3, 0.4) is 0 Å². The number of carbonyl (C=O) groups excluding carboxylic acids is 2. The first kappa shape index (κ1) is 34.5. The fraction of sp³-hybridized carbons (Fsp3) is 0.389. The standard InChI is InChI=1S/C36H42FN7O6/c1-25(43(31-15-14-28(48-2)24-32(31)49-3)35(46)38-27-12-10-26(37)11-13-27)33-39-30-9-5-4-8-29(30)34(45)44(33)42-20-18-41(19-21-42)36(47)50-23-22-40-16-6-7-17-40/h4-5,8-15,24-25H,6-7,16-23H2,1-3H3,(H,38,46). The molecule has 3 aromatic carbocycles. The summed E-state index contributed by atoms with van der Waals surface area (Å²) in [5, 5.41) is 5.11. The Morgan fingerprint density at radius 3 is 2.36 bits per heavy atom. The molecule has 0 aliphatic carbocycles. The highest BCUT2D eigenvalue weighted by molar-refractivity contribution is 6.03. The molecule has 2 saturated heterocycles. The van der Waals surface area contributed by atoms with Crippen molar-refractivity contribution in [1.29, 1.82) is 0 Å². The summed E-state index contributed by atoms with van der Waals surface area (Å²) in [6.07, 6.45) is 1.96. The lowest BCUT2D eigenvalue weighted by molar-refractivity contribution is 0.0895. The average molecular weight is 688 g/mol. The Kier molecular flexibility index (Phi) is 10.7. The Morgan fingerprint density at radius 1 is 0.940 bits per heavy atom. The predicted octanol–water partition coefficient (Wildman–Crippen LogP) is 4.84. The van der Waals surface area contributed by atoms with Gasteiger partial charge in [-0.2, -0.15) is 0 Å². The first-order valence-corrected chi connectivity index (χ1v) is 16.8. The summed E-state index contributed by atoms with van der Waals surface area (Å²) in [6.45, 7) is 6.20. The Bertz CT molecular complexity index is 1870. The van der Waals surface area contributed by atoms with Gasteiger partial charge in [-0.05, 0) is 81.4 Å². The molecule has 264 valence electrons. The maximum absolute atomic E-state index is 14.3. The maximum Gasteiger partial charge on any atom is 0.409 e. The number of halogens is 1. The summed E-state index contributed by atoms with van der Waals surface area (Å²) in [4.78, 5) is 51.7. The lowest BCUT2D eigenvalue weighted by Gasteiger charge is -2.39. The molecule has 0 spiro atoms. The number of fused-ring (bicyclic) bond motifs is 1. The van der Waals surface area contributed by atoms with Crippen LogP contribution in [-0.4, -0.2) is 98.2 Å². The van der Waals surface area contributed by atoms with E-state index in [2.05, 4.69) is 10.2 Å². The van der Waals surface area contributed by atoms with Crippen molar-refractivity contribution in [2.45, 2.75) is 25.8 Å². The number of amides is 3. The van der Waals surface area contributed by atoms with E-state index in [1.807, 2.05) is 5.01 Å². The van der Waals surface area contributed by atoms with Gasteiger partial charge in [-0.25, -0.2) is 23.6 Å². The van der Waals surface area contributed by atoms with Gasteiger partial charge in [0.05, 0.1) is 49.9 Å². The number of urea groups is 1. The van der Waals surface area contributed by atoms with Gasteiger partial charge in [0.2, 0.25) is 0 Å². The molecule has 4 aromatic rings. The monoisotopic (exact) mass is 687 g/mol. The molecule has 2 fully saturated rings. The van der Waals surface area contributed by atoms with Crippen LogP contribution in [0.4, 0.5) is 25.4 Å². The number of nitrogens with one attached hydrogen (secondary N) is 1. The van der Waals surface area contributed by atoms with Gasteiger partial charge in [-0.3, -0.25) is 14.6 Å². The Labute approximate surface area is 289 Å². The highest BCUT2D eigenvalue weighted by Crippen LogP contribution is 2.37. The van der Waals surface area contributed by atoms with E-state index in [0.29, 0.717) is 72.4 Å². The summed E-state index contributed by atoms with van der Waals surface area (Å²) in [7, 11) is 3.02. The van der Waals surface area contributed by atoms with Gasteiger partial charge < -0.3 is 29.4 Å². The van der Waals surface area contributed by atoms with Crippen LogP contribution < -0.4 is 30.3 Å². The third kappa shape index (κ3) is 7.44. The molecule has 1 unspecified atom stereocenters. The van der Waals surface area contributed by atoms with E-state index >= 15 is 0 Å². The molecular weight excluding hydrogens is 645 g/mol. The Morgan fingerprint density at radius 2 is 1.66 bits per heavy atom. The van der Waals surface area contributed by atoms with Crippen molar-refractivity contribution in [2.24, 2.45) is 0 Å². The van der Waals surface area contributed by atoms with Crippen LogP contribution in [0.2, 0.25) is 0 Å². The summed E-state index contributed by atoms with van der Waals surface area (Å²) < 4.78 is 31.9. The van der Waals surface area contributed by atoms with Gasteiger partial charge in [-0.1, -0.05) is 12.1 Å². The zero-order chi connectivity index (χ0) is 35.2.